The minimum Gasteiger partial charge on any atom is -0.389 e. The zero-order valence-corrected chi connectivity index (χ0v) is 12.0. The summed E-state index contributed by atoms with van der Waals surface area (Å²) in [6.45, 7) is 2.25. The van der Waals surface area contributed by atoms with Gasteiger partial charge in [0.15, 0.2) is 0 Å². The van der Waals surface area contributed by atoms with Crippen LogP contribution in [-0.2, 0) is 6.42 Å². The lowest BCUT2D eigenvalue weighted by molar-refractivity contribution is -0.0132. The van der Waals surface area contributed by atoms with E-state index >= 15 is 0 Å². The molecule has 0 bridgehead atoms. The Balaban J connectivity index is 1.66. The van der Waals surface area contributed by atoms with Crippen LogP contribution in [0, 0.1) is 5.92 Å². The second-order valence-corrected chi connectivity index (χ2v) is 6.83. The maximum atomic E-state index is 10.7. The molecule has 2 aliphatic rings. The van der Waals surface area contributed by atoms with E-state index in [9.17, 15) is 5.11 Å². The Morgan fingerprint density at radius 3 is 2.84 bits per heavy atom. The van der Waals surface area contributed by atoms with E-state index in [4.69, 9.17) is 5.10 Å². The van der Waals surface area contributed by atoms with E-state index in [0.29, 0.717) is 12.0 Å². The largest absolute Gasteiger partial charge is 0.389 e. The zero-order chi connectivity index (χ0) is 13.3. The number of nitrogens with zero attached hydrogens (tertiary/aromatic N) is 2. The summed E-state index contributed by atoms with van der Waals surface area (Å²) in [7, 11) is 0. The summed E-state index contributed by atoms with van der Waals surface area (Å²) in [4.78, 5) is 0. The fourth-order valence-electron chi connectivity index (χ4n) is 3.97. The van der Waals surface area contributed by atoms with Crippen molar-refractivity contribution in [3.63, 3.8) is 0 Å². The molecule has 0 radical (unpaired) electrons. The molecule has 2 unspecified atom stereocenters. The van der Waals surface area contributed by atoms with E-state index < -0.39 is 5.60 Å². The lowest BCUT2D eigenvalue weighted by atomic mass is 9.76. The van der Waals surface area contributed by atoms with Crippen molar-refractivity contribution in [3.05, 3.63) is 18.0 Å². The highest BCUT2D eigenvalue weighted by atomic mass is 16.3. The molecule has 1 aromatic heterocycles. The summed E-state index contributed by atoms with van der Waals surface area (Å²) in [5, 5.41) is 15.4. The molecule has 2 aliphatic carbocycles. The average molecular weight is 262 g/mol. The quantitative estimate of drug-likeness (QED) is 0.905. The second kappa shape index (κ2) is 5.28. The van der Waals surface area contributed by atoms with Crippen LogP contribution in [0.5, 0.6) is 0 Å². The molecular weight excluding hydrogens is 236 g/mol. The lowest BCUT2D eigenvalue weighted by Gasteiger charge is -2.35. The lowest BCUT2D eigenvalue weighted by Crippen LogP contribution is -2.36. The van der Waals surface area contributed by atoms with Crippen LogP contribution in [0.3, 0.4) is 0 Å². The van der Waals surface area contributed by atoms with Gasteiger partial charge in [-0.25, -0.2) is 0 Å². The molecule has 3 rings (SSSR count). The Kier molecular flexibility index (Phi) is 3.66. The van der Waals surface area contributed by atoms with Crippen LogP contribution in [0.1, 0.15) is 70.0 Å². The Bertz CT molecular complexity index is 422. The molecule has 0 saturated heterocycles. The van der Waals surface area contributed by atoms with Gasteiger partial charge in [-0.2, -0.15) is 5.10 Å². The maximum absolute atomic E-state index is 10.7. The molecule has 19 heavy (non-hydrogen) atoms. The highest BCUT2D eigenvalue weighted by molar-refractivity contribution is 5.06. The Labute approximate surface area is 116 Å². The molecule has 0 aromatic carbocycles. The molecule has 106 valence electrons. The van der Waals surface area contributed by atoms with Crippen LogP contribution in [0.25, 0.3) is 0 Å². The molecule has 1 aromatic rings. The molecule has 2 atom stereocenters. The third kappa shape index (κ3) is 3.02. The first kappa shape index (κ1) is 13.2. The van der Waals surface area contributed by atoms with Gasteiger partial charge in [0.25, 0.3) is 0 Å². The summed E-state index contributed by atoms with van der Waals surface area (Å²) < 4.78 is 2.14. The van der Waals surface area contributed by atoms with Gasteiger partial charge >= 0.3 is 0 Å². The average Bonchev–Trinajstić information content (AvgIpc) is 2.97. The van der Waals surface area contributed by atoms with Crippen LogP contribution in [0.4, 0.5) is 0 Å². The summed E-state index contributed by atoms with van der Waals surface area (Å²) in [5.74, 6) is 0.649. The SMILES string of the molecule is CC1CCCC(O)(Cc2ccn(C3CCCC3)n2)C1. The topological polar surface area (TPSA) is 38.0 Å². The zero-order valence-electron chi connectivity index (χ0n) is 12.0. The van der Waals surface area contributed by atoms with Gasteiger partial charge in [-0.05, 0) is 37.7 Å². The Morgan fingerprint density at radius 2 is 2.11 bits per heavy atom. The van der Waals surface area contributed by atoms with Gasteiger partial charge in [0.2, 0.25) is 0 Å². The van der Waals surface area contributed by atoms with Crippen molar-refractivity contribution in [1.29, 1.82) is 0 Å². The molecular formula is C16H26N2O. The third-order valence-electron chi connectivity index (χ3n) is 4.94. The standard InChI is InChI=1S/C16H26N2O/c1-13-5-4-9-16(19,11-13)12-14-8-10-18(17-14)15-6-2-3-7-15/h8,10,13,15,19H,2-7,9,11-12H2,1H3. The number of hydrogen-bond donors (Lipinski definition) is 1. The molecule has 1 heterocycles. The summed E-state index contributed by atoms with van der Waals surface area (Å²) >= 11 is 0. The first-order valence-corrected chi connectivity index (χ1v) is 7.91. The van der Waals surface area contributed by atoms with E-state index in [2.05, 4.69) is 23.9 Å². The minimum atomic E-state index is -0.507. The van der Waals surface area contributed by atoms with Crippen LogP contribution < -0.4 is 0 Å². The van der Waals surface area contributed by atoms with Crippen LogP contribution in [0.15, 0.2) is 12.3 Å². The van der Waals surface area contributed by atoms with Crippen molar-refractivity contribution in [1.82, 2.24) is 9.78 Å². The molecule has 0 spiro atoms. The van der Waals surface area contributed by atoms with Gasteiger partial charge < -0.3 is 5.11 Å². The van der Waals surface area contributed by atoms with E-state index in [1.807, 2.05) is 0 Å². The van der Waals surface area contributed by atoms with E-state index in [-0.39, 0.29) is 0 Å². The van der Waals surface area contributed by atoms with E-state index in [1.54, 1.807) is 0 Å². The maximum Gasteiger partial charge on any atom is 0.0706 e. The molecule has 3 heteroatoms. The highest BCUT2D eigenvalue weighted by Crippen LogP contribution is 2.35. The minimum absolute atomic E-state index is 0.507. The van der Waals surface area contributed by atoms with E-state index in [0.717, 1.165) is 31.4 Å². The molecule has 0 amide bonds. The highest BCUT2D eigenvalue weighted by Gasteiger charge is 2.33. The van der Waals surface area contributed by atoms with Gasteiger partial charge in [0.1, 0.15) is 0 Å². The molecule has 1 N–H and O–H groups in total. The van der Waals surface area contributed by atoms with Gasteiger partial charge in [0, 0.05) is 12.6 Å². The number of rotatable bonds is 3. The predicted octanol–water partition coefficient (Wildman–Crippen LogP) is 3.48. The van der Waals surface area contributed by atoms with E-state index in [1.165, 1.54) is 32.1 Å². The fourth-order valence-corrected chi connectivity index (χ4v) is 3.97. The van der Waals surface area contributed by atoms with Gasteiger partial charge in [-0.1, -0.05) is 32.6 Å². The van der Waals surface area contributed by atoms with Crippen LogP contribution in [-0.4, -0.2) is 20.5 Å². The Morgan fingerprint density at radius 1 is 1.32 bits per heavy atom. The fraction of sp³-hybridized carbons (Fsp3) is 0.812. The summed E-state index contributed by atoms with van der Waals surface area (Å²) in [6, 6.07) is 2.71. The van der Waals surface area contributed by atoms with Crippen molar-refractivity contribution >= 4 is 0 Å². The number of aliphatic hydroxyl groups is 1. The summed E-state index contributed by atoms with van der Waals surface area (Å²) in [5.41, 5.74) is 0.565. The number of hydrogen-bond acceptors (Lipinski definition) is 2. The van der Waals surface area contributed by atoms with Crippen molar-refractivity contribution < 1.29 is 5.11 Å². The Hall–Kier alpha value is -0.830. The first-order valence-electron chi connectivity index (χ1n) is 7.91. The second-order valence-electron chi connectivity index (χ2n) is 6.83. The predicted molar refractivity (Wildman–Crippen MR) is 76.0 cm³/mol. The molecule has 0 aliphatic heterocycles. The van der Waals surface area contributed by atoms with Crippen LogP contribution in [0.2, 0.25) is 0 Å². The van der Waals surface area contributed by atoms with Gasteiger partial charge in [-0.3, -0.25) is 4.68 Å². The first-order chi connectivity index (χ1) is 9.15. The molecule has 2 saturated carbocycles. The molecule has 2 fully saturated rings. The molecule has 3 nitrogen and oxygen atoms in total. The number of aromatic nitrogens is 2. The van der Waals surface area contributed by atoms with Crippen molar-refractivity contribution in [2.75, 3.05) is 0 Å². The van der Waals surface area contributed by atoms with Crippen molar-refractivity contribution in [3.8, 4) is 0 Å². The smallest absolute Gasteiger partial charge is 0.0706 e. The third-order valence-corrected chi connectivity index (χ3v) is 4.94. The normalized spacial score (nSPS) is 32.8. The van der Waals surface area contributed by atoms with Gasteiger partial charge in [-0.15, -0.1) is 0 Å². The van der Waals surface area contributed by atoms with Crippen molar-refractivity contribution in [2.45, 2.75) is 76.4 Å². The summed E-state index contributed by atoms with van der Waals surface area (Å²) in [6.07, 6.45) is 12.3. The van der Waals surface area contributed by atoms with Gasteiger partial charge in [0.05, 0.1) is 17.3 Å². The monoisotopic (exact) mass is 262 g/mol. The van der Waals surface area contributed by atoms with Crippen LogP contribution >= 0.6 is 0 Å². The van der Waals surface area contributed by atoms with Crippen molar-refractivity contribution in [2.24, 2.45) is 5.92 Å².